The second-order valence-electron chi connectivity index (χ2n) is 5.88. The summed E-state index contributed by atoms with van der Waals surface area (Å²) in [5.74, 6) is 0.356. The number of nitrogens with one attached hydrogen (secondary N) is 1. The van der Waals surface area contributed by atoms with E-state index in [9.17, 15) is 13.5 Å². The van der Waals surface area contributed by atoms with Crippen LogP contribution in [0.5, 0.6) is 0 Å². The van der Waals surface area contributed by atoms with Crippen molar-refractivity contribution < 1.29 is 18.3 Å². The summed E-state index contributed by atoms with van der Waals surface area (Å²) in [6, 6.07) is 6.88. The zero-order valence-electron chi connectivity index (χ0n) is 12.5. The first-order valence-corrected chi connectivity index (χ1v) is 8.69. The summed E-state index contributed by atoms with van der Waals surface area (Å²) in [5, 5.41) is 9.59. The molecule has 6 heteroatoms. The molecule has 0 amide bonds. The average molecular weight is 313 g/mol. The fourth-order valence-corrected chi connectivity index (χ4v) is 3.88. The van der Waals surface area contributed by atoms with Crippen LogP contribution in [0.4, 0.5) is 0 Å². The molecule has 118 valence electrons. The van der Waals surface area contributed by atoms with Gasteiger partial charge in [-0.25, -0.2) is 13.1 Å². The van der Waals surface area contributed by atoms with Gasteiger partial charge in [0.2, 0.25) is 10.0 Å². The number of ether oxygens (including phenoxy) is 1. The van der Waals surface area contributed by atoms with Crippen LogP contribution in [0.15, 0.2) is 29.2 Å². The van der Waals surface area contributed by atoms with E-state index in [4.69, 9.17) is 4.74 Å². The molecule has 0 aromatic heterocycles. The second kappa shape index (κ2) is 6.44. The van der Waals surface area contributed by atoms with Gasteiger partial charge in [-0.15, -0.1) is 0 Å². The van der Waals surface area contributed by atoms with Gasteiger partial charge in [-0.1, -0.05) is 26.0 Å². The van der Waals surface area contributed by atoms with Crippen LogP contribution in [-0.2, 0) is 14.8 Å². The topological polar surface area (TPSA) is 75.6 Å². The zero-order valence-corrected chi connectivity index (χ0v) is 13.3. The fourth-order valence-electron chi connectivity index (χ4n) is 2.43. The van der Waals surface area contributed by atoms with Crippen molar-refractivity contribution in [1.82, 2.24) is 4.72 Å². The van der Waals surface area contributed by atoms with Crippen molar-refractivity contribution in [1.29, 1.82) is 0 Å². The summed E-state index contributed by atoms with van der Waals surface area (Å²) in [4.78, 5) is 0.228. The SMILES string of the molecule is CC(C)c1ccc(S(=O)(=O)NC2(CO)CCOCC2)cc1. The number of sulfonamides is 1. The predicted molar refractivity (Wildman–Crippen MR) is 80.7 cm³/mol. The molecular weight excluding hydrogens is 290 g/mol. The first-order chi connectivity index (χ1) is 9.88. The van der Waals surface area contributed by atoms with E-state index in [0.29, 0.717) is 32.0 Å². The lowest BCUT2D eigenvalue weighted by Gasteiger charge is -2.35. The van der Waals surface area contributed by atoms with E-state index in [1.54, 1.807) is 12.1 Å². The van der Waals surface area contributed by atoms with Crippen molar-refractivity contribution in [2.45, 2.75) is 43.0 Å². The summed E-state index contributed by atoms with van der Waals surface area (Å²) in [6.07, 6.45) is 0.958. The minimum absolute atomic E-state index is 0.223. The summed E-state index contributed by atoms with van der Waals surface area (Å²) >= 11 is 0. The molecule has 1 saturated heterocycles. The highest BCUT2D eigenvalue weighted by Crippen LogP contribution is 2.24. The van der Waals surface area contributed by atoms with Gasteiger partial charge in [0.05, 0.1) is 17.0 Å². The van der Waals surface area contributed by atoms with Crippen molar-refractivity contribution in [3.63, 3.8) is 0 Å². The Labute approximate surface area is 126 Å². The monoisotopic (exact) mass is 313 g/mol. The third-order valence-corrected chi connectivity index (χ3v) is 5.56. The Morgan fingerprint density at radius 3 is 2.29 bits per heavy atom. The summed E-state index contributed by atoms with van der Waals surface area (Å²) < 4.78 is 32.9. The van der Waals surface area contributed by atoms with Gasteiger partial charge >= 0.3 is 0 Å². The molecule has 0 spiro atoms. The van der Waals surface area contributed by atoms with Gasteiger partial charge in [-0.05, 0) is 36.5 Å². The van der Waals surface area contributed by atoms with Crippen LogP contribution in [0.1, 0.15) is 38.2 Å². The van der Waals surface area contributed by atoms with Gasteiger partial charge < -0.3 is 9.84 Å². The number of aliphatic hydroxyl groups excluding tert-OH is 1. The number of rotatable bonds is 5. The Morgan fingerprint density at radius 2 is 1.81 bits per heavy atom. The maximum Gasteiger partial charge on any atom is 0.241 e. The lowest BCUT2D eigenvalue weighted by atomic mass is 9.93. The van der Waals surface area contributed by atoms with Crippen LogP contribution < -0.4 is 4.72 Å². The van der Waals surface area contributed by atoms with Gasteiger partial charge in [0.25, 0.3) is 0 Å². The van der Waals surface area contributed by atoms with Crippen LogP contribution >= 0.6 is 0 Å². The zero-order chi connectivity index (χ0) is 15.5. The van der Waals surface area contributed by atoms with Crippen molar-refractivity contribution >= 4 is 10.0 Å². The molecule has 2 N–H and O–H groups in total. The van der Waals surface area contributed by atoms with Crippen LogP contribution in [-0.4, -0.2) is 38.9 Å². The molecule has 1 aromatic carbocycles. The quantitative estimate of drug-likeness (QED) is 0.866. The van der Waals surface area contributed by atoms with E-state index in [0.717, 1.165) is 5.56 Å². The lowest BCUT2D eigenvalue weighted by Crippen LogP contribution is -2.54. The maximum atomic E-state index is 12.5. The molecule has 0 atom stereocenters. The number of hydrogen-bond donors (Lipinski definition) is 2. The van der Waals surface area contributed by atoms with Crippen molar-refractivity contribution in [2.75, 3.05) is 19.8 Å². The van der Waals surface area contributed by atoms with Gasteiger partial charge in [0.15, 0.2) is 0 Å². The third-order valence-electron chi connectivity index (χ3n) is 3.96. The molecule has 0 aliphatic carbocycles. The molecular formula is C15H23NO4S. The molecule has 2 rings (SSSR count). The fraction of sp³-hybridized carbons (Fsp3) is 0.600. The molecule has 1 aromatic rings. The molecule has 0 saturated carbocycles. The molecule has 1 heterocycles. The molecule has 1 fully saturated rings. The van der Waals surface area contributed by atoms with Crippen LogP contribution in [0.3, 0.4) is 0 Å². The molecule has 1 aliphatic rings. The number of hydrogen-bond acceptors (Lipinski definition) is 4. The summed E-state index contributed by atoms with van der Waals surface area (Å²) in [6.45, 7) is 4.81. The normalized spacial score (nSPS) is 18.9. The Morgan fingerprint density at radius 1 is 1.24 bits per heavy atom. The second-order valence-corrected chi connectivity index (χ2v) is 7.56. The Hall–Kier alpha value is -0.950. The van der Waals surface area contributed by atoms with E-state index in [1.165, 1.54) is 0 Å². The highest BCUT2D eigenvalue weighted by Gasteiger charge is 2.36. The van der Waals surface area contributed by atoms with Gasteiger partial charge in [0, 0.05) is 13.2 Å². The number of aliphatic hydroxyl groups is 1. The van der Waals surface area contributed by atoms with Gasteiger partial charge in [-0.3, -0.25) is 0 Å². The average Bonchev–Trinajstić information content (AvgIpc) is 2.48. The van der Waals surface area contributed by atoms with Crippen LogP contribution in [0.2, 0.25) is 0 Å². The molecule has 5 nitrogen and oxygen atoms in total. The molecule has 21 heavy (non-hydrogen) atoms. The van der Waals surface area contributed by atoms with Crippen LogP contribution in [0.25, 0.3) is 0 Å². The van der Waals surface area contributed by atoms with E-state index in [2.05, 4.69) is 18.6 Å². The summed E-state index contributed by atoms with van der Waals surface area (Å²) in [5.41, 5.74) is 0.283. The molecule has 0 unspecified atom stereocenters. The number of benzene rings is 1. The van der Waals surface area contributed by atoms with Crippen molar-refractivity contribution in [2.24, 2.45) is 0 Å². The molecule has 0 radical (unpaired) electrons. The Bertz CT molecular complexity index is 560. The van der Waals surface area contributed by atoms with E-state index in [1.807, 2.05) is 12.1 Å². The molecule has 0 bridgehead atoms. The van der Waals surface area contributed by atoms with E-state index in [-0.39, 0.29) is 11.5 Å². The maximum absolute atomic E-state index is 12.5. The first-order valence-electron chi connectivity index (χ1n) is 7.21. The van der Waals surface area contributed by atoms with Crippen molar-refractivity contribution in [3.05, 3.63) is 29.8 Å². The largest absolute Gasteiger partial charge is 0.394 e. The summed E-state index contributed by atoms with van der Waals surface area (Å²) in [7, 11) is -3.64. The Kier molecular flexibility index (Phi) is 5.03. The minimum atomic E-state index is -3.64. The smallest absolute Gasteiger partial charge is 0.241 e. The highest BCUT2D eigenvalue weighted by molar-refractivity contribution is 7.89. The third kappa shape index (κ3) is 3.83. The van der Waals surface area contributed by atoms with Crippen molar-refractivity contribution in [3.8, 4) is 0 Å². The highest BCUT2D eigenvalue weighted by atomic mass is 32.2. The van der Waals surface area contributed by atoms with E-state index < -0.39 is 15.6 Å². The van der Waals surface area contributed by atoms with Gasteiger partial charge in [-0.2, -0.15) is 0 Å². The predicted octanol–water partition coefficient (Wildman–Crippen LogP) is 1.63. The van der Waals surface area contributed by atoms with Gasteiger partial charge in [0.1, 0.15) is 0 Å². The van der Waals surface area contributed by atoms with E-state index >= 15 is 0 Å². The minimum Gasteiger partial charge on any atom is -0.394 e. The van der Waals surface area contributed by atoms with Crippen LogP contribution in [0, 0.1) is 0 Å². The lowest BCUT2D eigenvalue weighted by molar-refractivity contribution is 0.0223. The molecule has 1 aliphatic heterocycles. The standard InChI is InChI=1S/C15H23NO4S/c1-12(2)13-3-5-14(6-4-13)21(18,19)16-15(11-17)7-9-20-10-8-15/h3-6,12,16-17H,7-11H2,1-2H3. The first kappa shape index (κ1) is 16.4. The Balaban J connectivity index is 2.20.